The van der Waals surface area contributed by atoms with E-state index in [1.807, 2.05) is 0 Å². The first-order valence-corrected chi connectivity index (χ1v) is 9.25. The van der Waals surface area contributed by atoms with Crippen LogP contribution in [-0.2, 0) is 4.79 Å². The Morgan fingerprint density at radius 1 is 1.12 bits per heavy atom. The van der Waals surface area contributed by atoms with E-state index in [2.05, 4.69) is 36.5 Å². The number of carbonyl (C=O) groups is 1. The molecule has 132 valence electrons. The van der Waals surface area contributed by atoms with E-state index >= 15 is 0 Å². The molecule has 4 heteroatoms. The van der Waals surface area contributed by atoms with E-state index in [0.717, 1.165) is 19.3 Å². The number of carbonyl (C=O) groups excluding carboxylic acids is 1. The molecule has 1 aromatic rings. The maximum absolute atomic E-state index is 12.7. The number of nitrogens with two attached hydrogens (primary N) is 1. The quantitative estimate of drug-likeness (QED) is 0.877. The lowest BCUT2D eigenvalue weighted by molar-refractivity contribution is -0.124. The van der Waals surface area contributed by atoms with Crippen LogP contribution in [-0.4, -0.2) is 18.0 Å². The summed E-state index contributed by atoms with van der Waals surface area (Å²) in [5, 5.41) is 3.43. The molecule has 1 amide bonds. The minimum absolute atomic E-state index is 0. The van der Waals surface area contributed by atoms with E-state index in [0.29, 0.717) is 29.8 Å². The predicted octanol–water partition coefficient (Wildman–Crippen LogP) is 3.54. The van der Waals surface area contributed by atoms with Crippen LogP contribution in [0, 0.1) is 24.7 Å². The molecule has 3 fully saturated rings. The number of fused-ring (bicyclic) bond motifs is 2. The molecule has 4 unspecified atom stereocenters. The minimum atomic E-state index is 0. The molecule has 3 nitrogen and oxygen atoms in total. The van der Waals surface area contributed by atoms with Crippen molar-refractivity contribution in [1.29, 1.82) is 0 Å². The van der Waals surface area contributed by atoms with Gasteiger partial charge in [0.25, 0.3) is 0 Å². The van der Waals surface area contributed by atoms with Crippen molar-refractivity contribution < 1.29 is 4.79 Å². The third-order valence-corrected chi connectivity index (χ3v) is 6.40. The molecule has 1 aromatic carbocycles. The normalized spacial score (nSPS) is 37.2. The number of hydrogen-bond acceptors (Lipinski definition) is 2. The summed E-state index contributed by atoms with van der Waals surface area (Å²) in [4.78, 5) is 12.7. The number of hydrogen-bond donors (Lipinski definition) is 2. The average molecular weight is 349 g/mol. The van der Waals surface area contributed by atoms with Gasteiger partial charge >= 0.3 is 0 Å². The van der Waals surface area contributed by atoms with Gasteiger partial charge in [-0.25, -0.2) is 0 Å². The molecule has 24 heavy (non-hydrogen) atoms. The van der Waals surface area contributed by atoms with E-state index in [9.17, 15) is 4.79 Å². The summed E-state index contributed by atoms with van der Waals surface area (Å²) in [5.74, 6) is 2.12. The maximum Gasteiger partial charge on any atom is 0.223 e. The van der Waals surface area contributed by atoms with Crippen molar-refractivity contribution in [3.05, 3.63) is 35.4 Å². The lowest BCUT2D eigenvalue weighted by atomic mass is 9.67. The van der Waals surface area contributed by atoms with Gasteiger partial charge in [0.15, 0.2) is 0 Å². The third kappa shape index (κ3) is 3.34. The zero-order valence-electron chi connectivity index (χ0n) is 14.4. The molecule has 3 aliphatic carbocycles. The molecule has 3 saturated carbocycles. The van der Waals surface area contributed by atoms with E-state index < -0.39 is 0 Å². The molecule has 4 atom stereocenters. The summed E-state index contributed by atoms with van der Waals surface area (Å²) in [7, 11) is 0. The number of benzene rings is 1. The first-order valence-electron chi connectivity index (χ1n) is 9.25. The van der Waals surface area contributed by atoms with Crippen LogP contribution in [0.2, 0.25) is 0 Å². The van der Waals surface area contributed by atoms with Crippen molar-refractivity contribution in [3.8, 4) is 0 Å². The Bertz CT molecular complexity index is 591. The van der Waals surface area contributed by atoms with Crippen molar-refractivity contribution in [3.63, 3.8) is 0 Å². The molecule has 0 spiro atoms. The van der Waals surface area contributed by atoms with Gasteiger partial charge in [-0.1, -0.05) is 30.7 Å². The SMILES string of the molecule is Cc1ccccc1C1CC1C(=O)NC1C2CCCC1CC(N)C2.Cl. The molecule has 3 aliphatic rings. The van der Waals surface area contributed by atoms with Crippen LogP contribution >= 0.6 is 12.4 Å². The summed E-state index contributed by atoms with van der Waals surface area (Å²) in [6, 6.07) is 9.22. The van der Waals surface area contributed by atoms with Gasteiger partial charge in [-0.05, 0) is 67.9 Å². The van der Waals surface area contributed by atoms with Gasteiger partial charge in [0.05, 0.1) is 0 Å². The van der Waals surface area contributed by atoms with Crippen molar-refractivity contribution in [2.75, 3.05) is 0 Å². The molecule has 4 rings (SSSR count). The zero-order chi connectivity index (χ0) is 16.0. The van der Waals surface area contributed by atoms with Crippen LogP contribution in [0.4, 0.5) is 0 Å². The first-order chi connectivity index (χ1) is 11.1. The second-order valence-electron chi connectivity index (χ2n) is 8.02. The Hall–Kier alpha value is -1.06. The molecular weight excluding hydrogens is 320 g/mol. The van der Waals surface area contributed by atoms with Gasteiger partial charge in [0.1, 0.15) is 0 Å². The lowest BCUT2D eigenvalue weighted by Gasteiger charge is -2.45. The molecule has 0 aromatic heterocycles. The Balaban J connectivity index is 0.00000169. The van der Waals surface area contributed by atoms with Crippen LogP contribution < -0.4 is 11.1 Å². The summed E-state index contributed by atoms with van der Waals surface area (Å²) in [5.41, 5.74) is 8.87. The van der Waals surface area contributed by atoms with Crippen molar-refractivity contribution in [2.24, 2.45) is 23.5 Å². The fourth-order valence-electron chi connectivity index (χ4n) is 5.13. The van der Waals surface area contributed by atoms with Crippen molar-refractivity contribution in [1.82, 2.24) is 5.32 Å². The average Bonchev–Trinajstić information content (AvgIpc) is 3.29. The first kappa shape index (κ1) is 17.8. The largest absolute Gasteiger partial charge is 0.353 e. The van der Waals surface area contributed by atoms with Gasteiger partial charge in [0.2, 0.25) is 5.91 Å². The van der Waals surface area contributed by atoms with Crippen LogP contribution in [0.3, 0.4) is 0 Å². The highest BCUT2D eigenvalue weighted by molar-refractivity contribution is 5.85. The standard InChI is InChI=1S/C20H28N2O.ClH/c1-12-5-2-3-8-16(12)17-11-18(17)20(23)22-19-13-6-4-7-14(19)10-15(21)9-13;/h2-3,5,8,13-15,17-19H,4,6-7,9-11,21H2,1H3,(H,22,23);1H. The molecule has 3 N–H and O–H groups in total. The van der Waals surface area contributed by atoms with Crippen LogP contribution in [0.5, 0.6) is 0 Å². The van der Waals surface area contributed by atoms with Crippen LogP contribution in [0.15, 0.2) is 24.3 Å². The van der Waals surface area contributed by atoms with Gasteiger partial charge in [-0.3, -0.25) is 4.79 Å². The fraction of sp³-hybridized carbons (Fsp3) is 0.650. The highest BCUT2D eigenvalue weighted by Crippen LogP contribution is 2.49. The van der Waals surface area contributed by atoms with Crippen molar-refractivity contribution in [2.45, 2.75) is 63.5 Å². The Kier molecular flexibility index (Phi) is 5.22. The zero-order valence-corrected chi connectivity index (χ0v) is 15.2. The number of nitrogens with one attached hydrogen (secondary N) is 1. The molecule has 0 radical (unpaired) electrons. The Morgan fingerprint density at radius 3 is 2.46 bits per heavy atom. The predicted molar refractivity (Wildman–Crippen MR) is 99.2 cm³/mol. The highest BCUT2D eigenvalue weighted by Gasteiger charge is 2.47. The fourth-order valence-corrected chi connectivity index (χ4v) is 5.13. The smallest absolute Gasteiger partial charge is 0.223 e. The number of rotatable bonds is 3. The lowest BCUT2D eigenvalue weighted by Crippen LogP contribution is -2.54. The number of amides is 1. The van der Waals surface area contributed by atoms with Gasteiger partial charge < -0.3 is 11.1 Å². The number of halogens is 1. The van der Waals surface area contributed by atoms with E-state index in [-0.39, 0.29) is 24.2 Å². The Morgan fingerprint density at radius 2 is 1.79 bits per heavy atom. The topological polar surface area (TPSA) is 55.1 Å². The second-order valence-corrected chi connectivity index (χ2v) is 8.02. The summed E-state index contributed by atoms with van der Waals surface area (Å²) >= 11 is 0. The Labute approximate surface area is 151 Å². The number of aryl methyl sites for hydroxylation is 1. The minimum Gasteiger partial charge on any atom is -0.353 e. The molecular formula is C20H29ClN2O. The van der Waals surface area contributed by atoms with E-state index in [1.165, 1.54) is 30.4 Å². The van der Waals surface area contributed by atoms with Crippen LogP contribution in [0.1, 0.15) is 55.6 Å². The summed E-state index contributed by atoms with van der Waals surface area (Å²) in [6.07, 6.45) is 6.98. The van der Waals surface area contributed by atoms with Crippen LogP contribution in [0.25, 0.3) is 0 Å². The molecule has 0 aliphatic heterocycles. The molecule has 0 heterocycles. The monoisotopic (exact) mass is 348 g/mol. The van der Waals surface area contributed by atoms with Gasteiger partial charge in [-0.15, -0.1) is 12.4 Å². The highest BCUT2D eigenvalue weighted by atomic mass is 35.5. The van der Waals surface area contributed by atoms with Crippen molar-refractivity contribution >= 4 is 18.3 Å². The summed E-state index contributed by atoms with van der Waals surface area (Å²) in [6.45, 7) is 2.15. The third-order valence-electron chi connectivity index (χ3n) is 6.40. The molecule has 0 saturated heterocycles. The van der Waals surface area contributed by atoms with Gasteiger partial charge in [0, 0.05) is 18.0 Å². The second kappa shape index (κ2) is 7.05. The van der Waals surface area contributed by atoms with Gasteiger partial charge in [-0.2, -0.15) is 0 Å². The van der Waals surface area contributed by atoms with E-state index in [1.54, 1.807) is 0 Å². The van der Waals surface area contributed by atoms with E-state index in [4.69, 9.17) is 5.73 Å². The summed E-state index contributed by atoms with van der Waals surface area (Å²) < 4.78 is 0. The maximum atomic E-state index is 12.7. The molecule has 2 bridgehead atoms.